The van der Waals surface area contributed by atoms with Gasteiger partial charge in [0.25, 0.3) is 0 Å². The van der Waals surface area contributed by atoms with Crippen LogP contribution in [0.1, 0.15) is 5.69 Å². The van der Waals surface area contributed by atoms with Gasteiger partial charge in [-0.2, -0.15) is 0 Å². The van der Waals surface area contributed by atoms with Crippen molar-refractivity contribution in [1.82, 2.24) is 10.0 Å². The average Bonchev–Trinajstić information content (AvgIpc) is 2.97. The fraction of sp³-hybridized carbons (Fsp3) is 0.200. The number of phenols is 1. The number of nitrogens with one attached hydrogen (secondary N) is 1. The molecule has 0 aliphatic carbocycles. The molecule has 0 spiro atoms. The van der Waals surface area contributed by atoms with Crippen LogP contribution < -0.4 is 5.32 Å². The number of benzene rings is 1. The van der Waals surface area contributed by atoms with E-state index in [2.05, 4.69) is 15.3 Å². The number of aromatic hydroxyl groups is 1. The number of hydrogen-bond donors (Lipinski definition) is 2. The Hall–Kier alpha value is -2.31. The molecule has 1 aliphatic heterocycles. The second-order valence-corrected chi connectivity index (χ2v) is 5.10. The number of anilines is 1. The molecule has 1 aromatic heterocycles. The monoisotopic (exact) mass is 318 g/mol. The highest BCUT2D eigenvalue weighted by Gasteiger charge is 2.19. The van der Waals surface area contributed by atoms with E-state index in [1.165, 1.54) is 6.07 Å². The van der Waals surface area contributed by atoms with E-state index in [-0.39, 0.29) is 5.75 Å². The highest BCUT2D eigenvalue weighted by atomic mass is 35.5. The summed E-state index contributed by atoms with van der Waals surface area (Å²) < 4.78 is 0. The van der Waals surface area contributed by atoms with E-state index < -0.39 is 0 Å². The maximum Gasteiger partial charge on any atom is 0.223 e. The second kappa shape index (κ2) is 6.64. The zero-order valence-electron chi connectivity index (χ0n) is 11.7. The number of nitrogens with zero attached hydrogens (tertiary/aromatic N) is 3. The van der Waals surface area contributed by atoms with Crippen LogP contribution in [0.4, 0.5) is 5.69 Å². The van der Waals surface area contributed by atoms with Gasteiger partial charge >= 0.3 is 0 Å². The summed E-state index contributed by atoms with van der Waals surface area (Å²) in [4.78, 5) is 14.3. The lowest BCUT2D eigenvalue weighted by atomic mass is 10.3. The van der Waals surface area contributed by atoms with E-state index in [0.717, 1.165) is 5.69 Å². The van der Waals surface area contributed by atoms with E-state index in [1.807, 2.05) is 18.2 Å². The first-order valence-electron chi connectivity index (χ1n) is 6.83. The van der Waals surface area contributed by atoms with Crippen molar-refractivity contribution in [2.45, 2.75) is 6.61 Å². The van der Waals surface area contributed by atoms with Crippen LogP contribution in [0.5, 0.6) is 5.75 Å². The van der Waals surface area contributed by atoms with E-state index in [1.54, 1.807) is 23.4 Å². The number of guanidine groups is 1. The molecule has 1 aliphatic rings. The largest absolute Gasteiger partial charge is 0.508 e. The number of rotatable bonds is 4. The van der Waals surface area contributed by atoms with Gasteiger partial charge in [-0.3, -0.25) is 9.82 Å². The fourth-order valence-electron chi connectivity index (χ4n) is 2.02. The highest BCUT2D eigenvalue weighted by molar-refractivity contribution is 6.33. The molecular weight excluding hydrogens is 304 g/mol. The van der Waals surface area contributed by atoms with Gasteiger partial charge in [0.05, 0.1) is 29.5 Å². The van der Waals surface area contributed by atoms with Crippen LogP contribution in [-0.2, 0) is 11.4 Å². The Morgan fingerprint density at radius 1 is 1.32 bits per heavy atom. The predicted molar refractivity (Wildman–Crippen MR) is 84.8 cm³/mol. The van der Waals surface area contributed by atoms with Crippen molar-refractivity contribution in [1.29, 1.82) is 0 Å². The van der Waals surface area contributed by atoms with Crippen molar-refractivity contribution in [2.24, 2.45) is 4.99 Å². The normalized spacial score (nSPS) is 14.0. The summed E-state index contributed by atoms with van der Waals surface area (Å²) in [6.07, 6.45) is 1.72. The Balaban J connectivity index is 1.64. The standard InChI is InChI=1S/C15H15ClN4O2/c16-13-5-4-12(21)9-14(13)19-15-18-7-8-20(15)22-10-11-3-1-2-6-17-11/h1-6,9,21H,7-8,10H2,(H,18,19). The van der Waals surface area contributed by atoms with Crippen LogP contribution >= 0.6 is 11.6 Å². The predicted octanol–water partition coefficient (Wildman–Crippen LogP) is 2.66. The van der Waals surface area contributed by atoms with Crippen molar-refractivity contribution < 1.29 is 9.94 Å². The van der Waals surface area contributed by atoms with Gasteiger partial charge in [0, 0.05) is 12.3 Å². The molecule has 0 amide bonds. The van der Waals surface area contributed by atoms with Crippen LogP contribution in [0, 0.1) is 0 Å². The molecule has 2 heterocycles. The third kappa shape index (κ3) is 3.47. The van der Waals surface area contributed by atoms with Crippen molar-refractivity contribution >= 4 is 23.2 Å². The number of aromatic nitrogens is 1. The second-order valence-electron chi connectivity index (χ2n) is 4.69. The molecule has 0 radical (unpaired) electrons. The molecule has 22 heavy (non-hydrogen) atoms. The summed E-state index contributed by atoms with van der Waals surface area (Å²) in [6, 6.07) is 10.4. The number of halogens is 1. The van der Waals surface area contributed by atoms with Gasteiger partial charge in [-0.25, -0.2) is 10.1 Å². The van der Waals surface area contributed by atoms with Gasteiger partial charge in [0.15, 0.2) is 0 Å². The van der Waals surface area contributed by atoms with E-state index >= 15 is 0 Å². The van der Waals surface area contributed by atoms with Crippen LogP contribution in [0.15, 0.2) is 47.6 Å². The summed E-state index contributed by atoms with van der Waals surface area (Å²) in [6.45, 7) is 1.63. The molecule has 7 heteroatoms. The summed E-state index contributed by atoms with van der Waals surface area (Å²) in [5.41, 5.74) is 1.41. The summed E-state index contributed by atoms with van der Waals surface area (Å²) >= 11 is 6.10. The lowest BCUT2D eigenvalue weighted by Crippen LogP contribution is -2.33. The first-order chi connectivity index (χ1) is 10.7. The van der Waals surface area contributed by atoms with E-state index in [9.17, 15) is 5.11 Å². The molecule has 1 aromatic carbocycles. The zero-order chi connectivity index (χ0) is 15.4. The molecule has 0 saturated carbocycles. The lowest BCUT2D eigenvalue weighted by Gasteiger charge is -2.20. The SMILES string of the molecule is Oc1ccc(Cl)c(NC2=NCCN2OCc2ccccn2)c1. The third-order valence-electron chi connectivity index (χ3n) is 3.09. The fourth-order valence-corrected chi connectivity index (χ4v) is 2.18. The number of pyridine rings is 1. The molecule has 0 fully saturated rings. The summed E-state index contributed by atoms with van der Waals surface area (Å²) in [7, 11) is 0. The zero-order valence-corrected chi connectivity index (χ0v) is 12.5. The van der Waals surface area contributed by atoms with Crippen molar-refractivity contribution in [2.75, 3.05) is 18.4 Å². The topological polar surface area (TPSA) is 70.0 Å². The molecule has 0 saturated heterocycles. The van der Waals surface area contributed by atoms with Gasteiger partial charge in [-0.05, 0) is 24.3 Å². The first kappa shape index (κ1) is 14.6. The number of aliphatic imine (C=N–C) groups is 1. The smallest absolute Gasteiger partial charge is 0.223 e. The summed E-state index contributed by atoms with van der Waals surface area (Å²) in [5, 5.41) is 14.8. The molecular formula is C15H15ClN4O2. The molecule has 0 unspecified atom stereocenters. The molecule has 3 rings (SSSR count). The molecule has 2 N–H and O–H groups in total. The van der Waals surface area contributed by atoms with Crippen LogP contribution in [0.2, 0.25) is 5.02 Å². The van der Waals surface area contributed by atoms with Crippen molar-refractivity contribution in [3.8, 4) is 5.75 Å². The highest BCUT2D eigenvalue weighted by Crippen LogP contribution is 2.26. The quantitative estimate of drug-likeness (QED) is 0.907. The minimum atomic E-state index is 0.131. The van der Waals surface area contributed by atoms with Crippen LogP contribution in [-0.4, -0.2) is 34.2 Å². The Morgan fingerprint density at radius 3 is 3.05 bits per heavy atom. The van der Waals surface area contributed by atoms with Crippen molar-refractivity contribution in [3.63, 3.8) is 0 Å². The molecule has 0 atom stereocenters. The Morgan fingerprint density at radius 2 is 2.23 bits per heavy atom. The minimum Gasteiger partial charge on any atom is -0.508 e. The number of phenolic OH excluding ortho intramolecular Hbond substituents is 1. The van der Waals surface area contributed by atoms with Gasteiger partial charge in [-0.1, -0.05) is 17.7 Å². The van der Waals surface area contributed by atoms with Crippen LogP contribution in [0.25, 0.3) is 0 Å². The average molecular weight is 319 g/mol. The van der Waals surface area contributed by atoms with E-state index in [0.29, 0.717) is 36.4 Å². The minimum absolute atomic E-state index is 0.131. The lowest BCUT2D eigenvalue weighted by molar-refractivity contribution is -0.104. The number of hydroxylamine groups is 2. The summed E-state index contributed by atoms with van der Waals surface area (Å²) in [5.74, 6) is 0.690. The number of hydrogen-bond acceptors (Lipinski definition) is 6. The molecule has 0 bridgehead atoms. The van der Waals surface area contributed by atoms with Gasteiger partial charge in [0.2, 0.25) is 5.96 Å². The Bertz CT molecular complexity index is 678. The third-order valence-corrected chi connectivity index (χ3v) is 3.42. The van der Waals surface area contributed by atoms with E-state index in [4.69, 9.17) is 16.4 Å². The van der Waals surface area contributed by atoms with Gasteiger partial charge in [-0.15, -0.1) is 0 Å². The first-order valence-corrected chi connectivity index (χ1v) is 7.20. The Labute approximate surface area is 133 Å². The molecule has 114 valence electrons. The molecule has 2 aromatic rings. The Kier molecular flexibility index (Phi) is 4.41. The maximum atomic E-state index is 9.54. The molecule has 6 nitrogen and oxygen atoms in total. The van der Waals surface area contributed by atoms with Crippen molar-refractivity contribution in [3.05, 3.63) is 53.3 Å². The van der Waals surface area contributed by atoms with Crippen LogP contribution in [0.3, 0.4) is 0 Å². The van der Waals surface area contributed by atoms with Gasteiger partial charge in [0.1, 0.15) is 12.4 Å². The maximum absolute atomic E-state index is 9.54. The van der Waals surface area contributed by atoms with Gasteiger partial charge < -0.3 is 10.4 Å².